The summed E-state index contributed by atoms with van der Waals surface area (Å²) in [4.78, 5) is 14.7. The van der Waals surface area contributed by atoms with Crippen LogP contribution in [0.25, 0.3) is 0 Å². The van der Waals surface area contributed by atoms with E-state index < -0.39 is 0 Å². The van der Waals surface area contributed by atoms with Crippen molar-refractivity contribution in [2.75, 3.05) is 0 Å². The zero-order valence-electron chi connectivity index (χ0n) is 21.0. The van der Waals surface area contributed by atoms with Gasteiger partial charge in [0.1, 0.15) is 0 Å². The molecule has 1 radical (unpaired) electrons. The second-order valence-corrected chi connectivity index (χ2v) is 8.30. The molecule has 0 aliphatic rings. The van der Waals surface area contributed by atoms with Gasteiger partial charge in [-0.1, -0.05) is 41.5 Å². The van der Waals surface area contributed by atoms with Crippen LogP contribution >= 0.6 is 0 Å². The molecule has 0 saturated heterocycles. The van der Waals surface area contributed by atoms with Crippen molar-refractivity contribution in [3.63, 3.8) is 0 Å². The molecule has 34 heavy (non-hydrogen) atoms. The number of benzene rings is 2. The maximum absolute atomic E-state index is 4.91. The average molecular weight is 648 g/mol. The van der Waals surface area contributed by atoms with E-state index in [1.165, 1.54) is 33.4 Å². The summed E-state index contributed by atoms with van der Waals surface area (Å²) < 4.78 is 0. The molecule has 1 aromatic heterocycles. The van der Waals surface area contributed by atoms with Gasteiger partial charge in [-0.2, -0.15) is 0 Å². The smallest absolute Gasteiger partial charge is 1.00 e. The normalized spacial score (nSPS) is 10.9. The standard InChI is InChI=1S/C27H31N3.3ClH.Nd/c1-16-12-18(3)26(19(4)13-16)28-22(7)24-10-9-11-25(30-24)23(8)29-27-20(5)14-17(2)15-21(27)6;;;;/h9-15H,1-8H3;3*1H;/q;;;;+3/p-3. The van der Waals surface area contributed by atoms with E-state index in [-0.39, 0.29) is 78.1 Å². The van der Waals surface area contributed by atoms with Crippen LogP contribution in [0.4, 0.5) is 11.4 Å². The Morgan fingerprint density at radius 1 is 0.588 bits per heavy atom. The van der Waals surface area contributed by atoms with Crippen molar-refractivity contribution in [2.45, 2.75) is 55.4 Å². The number of halogens is 3. The van der Waals surface area contributed by atoms with Crippen LogP contribution in [0.5, 0.6) is 0 Å². The molecule has 0 N–H and O–H groups in total. The number of hydrogen-bond acceptors (Lipinski definition) is 3. The molecule has 3 rings (SSSR count). The number of rotatable bonds is 4. The molecular weight excluding hydrogens is 617 g/mol. The van der Waals surface area contributed by atoms with E-state index in [0.29, 0.717) is 0 Å². The molecule has 0 bridgehead atoms. The van der Waals surface area contributed by atoms with Crippen LogP contribution in [-0.2, 0) is 0 Å². The SMILES string of the molecule is CC(=Nc1c(C)cc(C)cc1C)c1cccc(C(C)=Nc2c(C)cc(C)cc2C)n1.[Cl-].[Cl-].[Cl-].[Nd+3]. The van der Waals surface area contributed by atoms with E-state index in [9.17, 15) is 0 Å². The van der Waals surface area contributed by atoms with Crippen LogP contribution in [0.1, 0.15) is 58.6 Å². The van der Waals surface area contributed by atoms with Gasteiger partial charge in [0.2, 0.25) is 0 Å². The summed E-state index contributed by atoms with van der Waals surface area (Å²) >= 11 is 0. The number of aliphatic imine (C=N–C) groups is 2. The van der Waals surface area contributed by atoms with Gasteiger partial charge in [-0.05, 0) is 89.8 Å². The molecule has 0 spiro atoms. The fraction of sp³-hybridized carbons (Fsp3) is 0.296. The van der Waals surface area contributed by atoms with Crippen molar-refractivity contribution in [1.29, 1.82) is 0 Å². The molecule has 3 aromatic rings. The van der Waals surface area contributed by atoms with Crippen molar-refractivity contribution in [1.82, 2.24) is 4.98 Å². The van der Waals surface area contributed by atoms with Crippen molar-refractivity contribution in [3.8, 4) is 0 Å². The minimum absolute atomic E-state index is 0. The molecular formula is C27H31Cl3N3Nd. The van der Waals surface area contributed by atoms with E-state index in [4.69, 9.17) is 15.0 Å². The molecule has 2 aromatic carbocycles. The van der Waals surface area contributed by atoms with Crippen LogP contribution < -0.4 is 37.2 Å². The zero-order valence-corrected chi connectivity index (χ0v) is 26.5. The Kier molecular flexibility index (Phi) is 15.9. The van der Waals surface area contributed by atoms with Gasteiger partial charge in [0.25, 0.3) is 0 Å². The third kappa shape index (κ3) is 8.67. The summed E-state index contributed by atoms with van der Waals surface area (Å²) in [7, 11) is 0. The maximum atomic E-state index is 4.91. The number of pyridine rings is 1. The summed E-state index contributed by atoms with van der Waals surface area (Å²) in [5.74, 6) is 0. The first-order valence-corrected chi connectivity index (χ1v) is 10.4. The maximum Gasteiger partial charge on any atom is 3.00 e. The van der Waals surface area contributed by atoms with Crippen molar-refractivity contribution in [3.05, 3.63) is 87.2 Å². The van der Waals surface area contributed by atoms with Crippen LogP contribution in [0.3, 0.4) is 0 Å². The topological polar surface area (TPSA) is 37.6 Å². The molecule has 0 unspecified atom stereocenters. The number of aryl methyl sites for hydroxylation is 6. The Bertz CT molecular complexity index is 1050. The predicted octanol–water partition coefficient (Wildman–Crippen LogP) is -1.77. The van der Waals surface area contributed by atoms with Crippen molar-refractivity contribution >= 4 is 22.8 Å². The summed E-state index contributed by atoms with van der Waals surface area (Å²) in [6, 6.07) is 14.7. The Morgan fingerprint density at radius 3 is 1.18 bits per heavy atom. The van der Waals surface area contributed by atoms with Gasteiger partial charge < -0.3 is 37.2 Å². The molecule has 179 valence electrons. The van der Waals surface area contributed by atoms with Gasteiger partial charge in [0.15, 0.2) is 0 Å². The summed E-state index contributed by atoms with van der Waals surface area (Å²) in [6.45, 7) is 16.7. The monoisotopic (exact) mass is 644 g/mol. The third-order valence-corrected chi connectivity index (χ3v) is 5.32. The first-order valence-electron chi connectivity index (χ1n) is 10.4. The minimum atomic E-state index is 0. The van der Waals surface area contributed by atoms with Gasteiger partial charge in [0.05, 0.1) is 34.2 Å². The second-order valence-electron chi connectivity index (χ2n) is 8.30. The van der Waals surface area contributed by atoms with Crippen LogP contribution in [0.2, 0.25) is 0 Å². The first kappa shape index (κ1) is 35.3. The fourth-order valence-corrected chi connectivity index (χ4v) is 3.99. The van der Waals surface area contributed by atoms with Crippen molar-refractivity contribution < 1.29 is 78.1 Å². The summed E-state index contributed by atoms with van der Waals surface area (Å²) in [6.07, 6.45) is 0. The van der Waals surface area contributed by atoms with E-state index in [0.717, 1.165) is 34.2 Å². The Labute approximate surface area is 256 Å². The Balaban J connectivity index is 0. The fourth-order valence-electron chi connectivity index (χ4n) is 3.99. The van der Waals surface area contributed by atoms with Gasteiger partial charge in [-0.15, -0.1) is 0 Å². The van der Waals surface area contributed by atoms with Crippen LogP contribution in [-0.4, -0.2) is 16.4 Å². The van der Waals surface area contributed by atoms with Gasteiger partial charge in [-0.3, -0.25) is 9.98 Å². The van der Waals surface area contributed by atoms with E-state index in [1.807, 2.05) is 32.0 Å². The predicted molar refractivity (Wildman–Crippen MR) is 129 cm³/mol. The van der Waals surface area contributed by atoms with Crippen LogP contribution in [0, 0.1) is 82.4 Å². The molecule has 0 saturated carbocycles. The van der Waals surface area contributed by atoms with E-state index in [1.54, 1.807) is 0 Å². The molecule has 0 amide bonds. The van der Waals surface area contributed by atoms with E-state index in [2.05, 4.69) is 65.8 Å². The number of nitrogens with zero attached hydrogens (tertiary/aromatic N) is 3. The molecule has 1 heterocycles. The third-order valence-electron chi connectivity index (χ3n) is 5.32. The summed E-state index contributed by atoms with van der Waals surface area (Å²) in [5.41, 5.74) is 12.9. The van der Waals surface area contributed by atoms with Gasteiger partial charge >= 0.3 is 40.8 Å². The zero-order chi connectivity index (χ0) is 22.0. The number of aromatic nitrogens is 1. The van der Waals surface area contributed by atoms with Gasteiger partial charge in [-0.25, -0.2) is 4.98 Å². The average Bonchev–Trinajstić information content (AvgIpc) is 2.67. The van der Waals surface area contributed by atoms with E-state index >= 15 is 0 Å². The number of hydrogen-bond donors (Lipinski definition) is 0. The quantitative estimate of drug-likeness (QED) is 0.309. The second kappa shape index (κ2) is 15.3. The summed E-state index contributed by atoms with van der Waals surface area (Å²) in [5, 5.41) is 0. The molecule has 3 nitrogen and oxygen atoms in total. The molecule has 0 aliphatic carbocycles. The Hall–Kier alpha value is -0.849. The molecule has 0 atom stereocenters. The first-order chi connectivity index (χ1) is 14.2. The Morgan fingerprint density at radius 2 is 0.882 bits per heavy atom. The molecule has 0 fully saturated rings. The minimum Gasteiger partial charge on any atom is -1.00 e. The van der Waals surface area contributed by atoms with Crippen LogP contribution in [0.15, 0.2) is 52.4 Å². The molecule has 0 aliphatic heterocycles. The largest absolute Gasteiger partial charge is 3.00 e. The molecule has 7 heteroatoms. The van der Waals surface area contributed by atoms with Crippen molar-refractivity contribution in [2.24, 2.45) is 9.98 Å². The van der Waals surface area contributed by atoms with Gasteiger partial charge in [0, 0.05) is 0 Å².